The minimum atomic E-state index is 0.00193. The monoisotopic (exact) mass is 423 g/mol. The Balaban J connectivity index is 1.15. The van der Waals surface area contributed by atoms with E-state index in [1.165, 1.54) is 22.8 Å². The number of aromatic nitrogens is 4. The molecule has 32 heavy (non-hydrogen) atoms. The number of aryl methyl sites for hydroxylation is 1. The second-order valence-corrected chi connectivity index (χ2v) is 9.70. The largest absolute Gasteiger partial charge is 0.369 e. The Morgan fingerprint density at radius 1 is 1.19 bits per heavy atom. The molecule has 1 aromatic carbocycles. The fraction of sp³-hybridized carbons (Fsp3) is 0.400. The molecule has 1 fully saturated rings. The van der Waals surface area contributed by atoms with E-state index < -0.39 is 0 Å². The van der Waals surface area contributed by atoms with Crippen LogP contribution >= 0.6 is 0 Å². The molecule has 6 rings (SSSR count). The zero-order valence-corrected chi connectivity index (χ0v) is 18.5. The van der Waals surface area contributed by atoms with Crippen LogP contribution in [0, 0.1) is 0 Å². The first-order valence-electron chi connectivity index (χ1n) is 11.4. The van der Waals surface area contributed by atoms with Gasteiger partial charge < -0.3 is 14.6 Å². The van der Waals surface area contributed by atoms with Crippen LogP contribution < -0.4 is 10.9 Å². The Hall–Kier alpha value is -2.93. The number of ether oxygens (including phenoxy) is 1. The molecule has 2 radical (unpaired) electrons. The van der Waals surface area contributed by atoms with E-state index in [1.54, 1.807) is 0 Å². The number of benzene rings is 1. The third-order valence-electron chi connectivity index (χ3n) is 7.00. The van der Waals surface area contributed by atoms with Gasteiger partial charge in [0.1, 0.15) is 31.9 Å². The van der Waals surface area contributed by atoms with Gasteiger partial charge in [0, 0.05) is 40.1 Å². The standard InChI is InChI=1S/C25H26BN5O/c1-25(2)13-27-23-19(25)12-16-5-3-15(11-20(16)30-23)4-6-17-7-8-21(32-17)31-10-9-18-22(26)28-14-29-24(18)31/h3,5,9-12,14,17,21H,4,6-8,13H2,1-2H3,(H,27,30). The molecule has 0 bridgehead atoms. The summed E-state index contributed by atoms with van der Waals surface area (Å²) >= 11 is 0. The molecule has 160 valence electrons. The summed E-state index contributed by atoms with van der Waals surface area (Å²) in [6, 6.07) is 10.9. The Morgan fingerprint density at radius 3 is 3.00 bits per heavy atom. The quantitative estimate of drug-likeness (QED) is 0.506. The molecule has 2 aliphatic rings. The van der Waals surface area contributed by atoms with Gasteiger partial charge in [-0.1, -0.05) is 26.0 Å². The maximum absolute atomic E-state index is 6.38. The zero-order chi connectivity index (χ0) is 21.9. The van der Waals surface area contributed by atoms with Crippen molar-refractivity contribution in [1.82, 2.24) is 19.5 Å². The van der Waals surface area contributed by atoms with Crippen LogP contribution in [0.15, 0.2) is 42.9 Å². The first-order chi connectivity index (χ1) is 15.5. The number of pyridine rings is 1. The van der Waals surface area contributed by atoms with Crippen LogP contribution in [0.3, 0.4) is 0 Å². The number of nitrogens with zero attached hydrogens (tertiary/aromatic N) is 4. The van der Waals surface area contributed by atoms with Crippen molar-refractivity contribution in [1.29, 1.82) is 0 Å². The van der Waals surface area contributed by atoms with Gasteiger partial charge >= 0.3 is 0 Å². The van der Waals surface area contributed by atoms with Crippen molar-refractivity contribution in [2.75, 3.05) is 11.9 Å². The summed E-state index contributed by atoms with van der Waals surface area (Å²) in [4.78, 5) is 13.4. The SMILES string of the molecule is [B]c1ncnc2c1ccn2C1CCC(CCc2ccc3cc4c(nc3c2)NCC4(C)C)O1. The summed E-state index contributed by atoms with van der Waals surface area (Å²) in [5.74, 6) is 1.03. The smallest absolute Gasteiger partial charge is 0.144 e. The van der Waals surface area contributed by atoms with Gasteiger partial charge in [-0.15, -0.1) is 0 Å². The average molecular weight is 423 g/mol. The molecule has 2 atom stereocenters. The maximum Gasteiger partial charge on any atom is 0.144 e. The van der Waals surface area contributed by atoms with Crippen LogP contribution in [0.1, 0.15) is 50.5 Å². The van der Waals surface area contributed by atoms with Crippen molar-refractivity contribution >= 4 is 41.2 Å². The third kappa shape index (κ3) is 3.27. The minimum absolute atomic E-state index is 0.00193. The van der Waals surface area contributed by atoms with Crippen LogP contribution in [0.2, 0.25) is 0 Å². The van der Waals surface area contributed by atoms with Crippen molar-refractivity contribution in [3.63, 3.8) is 0 Å². The normalized spacial score (nSPS) is 21.8. The van der Waals surface area contributed by atoms with Gasteiger partial charge in [0.05, 0.1) is 11.6 Å². The molecule has 0 amide bonds. The number of fused-ring (bicyclic) bond motifs is 3. The summed E-state index contributed by atoms with van der Waals surface area (Å²) in [6.07, 6.45) is 7.76. The van der Waals surface area contributed by atoms with E-state index in [4.69, 9.17) is 17.6 Å². The van der Waals surface area contributed by atoms with E-state index in [2.05, 4.69) is 58.0 Å². The molecular formula is C25H26BN5O. The van der Waals surface area contributed by atoms with Crippen molar-refractivity contribution < 1.29 is 4.74 Å². The van der Waals surface area contributed by atoms with Gasteiger partial charge in [0.25, 0.3) is 0 Å². The summed E-state index contributed by atoms with van der Waals surface area (Å²) in [5.41, 5.74) is 5.17. The number of rotatable bonds is 4. The predicted molar refractivity (Wildman–Crippen MR) is 128 cm³/mol. The van der Waals surface area contributed by atoms with E-state index in [-0.39, 0.29) is 17.7 Å². The highest BCUT2D eigenvalue weighted by Gasteiger charge is 2.31. The molecule has 2 aliphatic heterocycles. The Labute approximate surface area is 188 Å². The number of anilines is 1. The molecule has 7 heteroatoms. The highest BCUT2D eigenvalue weighted by Crippen LogP contribution is 2.37. The van der Waals surface area contributed by atoms with E-state index in [0.717, 1.165) is 54.6 Å². The first-order valence-corrected chi connectivity index (χ1v) is 11.4. The van der Waals surface area contributed by atoms with E-state index in [0.29, 0.717) is 5.59 Å². The minimum Gasteiger partial charge on any atom is -0.369 e. The van der Waals surface area contributed by atoms with Crippen LogP contribution in [-0.4, -0.2) is 40.0 Å². The molecule has 4 aromatic rings. The van der Waals surface area contributed by atoms with Gasteiger partial charge in [-0.05, 0) is 49.4 Å². The lowest BCUT2D eigenvalue weighted by molar-refractivity contribution is 0.00120. The molecule has 0 aliphatic carbocycles. The Kier molecular flexibility index (Phi) is 4.51. The lowest BCUT2D eigenvalue weighted by Crippen LogP contribution is -2.18. The van der Waals surface area contributed by atoms with Gasteiger partial charge in [-0.3, -0.25) is 4.98 Å². The van der Waals surface area contributed by atoms with Gasteiger partial charge in [0.15, 0.2) is 0 Å². The van der Waals surface area contributed by atoms with Crippen molar-refractivity contribution in [3.8, 4) is 0 Å². The summed E-state index contributed by atoms with van der Waals surface area (Å²) in [6.45, 7) is 5.47. The number of nitrogens with one attached hydrogen (secondary N) is 1. The zero-order valence-electron chi connectivity index (χ0n) is 18.5. The highest BCUT2D eigenvalue weighted by molar-refractivity contribution is 6.36. The second-order valence-electron chi connectivity index (χ2n) is 9.70. The molecular weight excluding hydrogens is 397 g/mol. The van der Waals surface area contributed by atoms with Gasteiger partial charge in [-0.2, -0.15) is 0 Å². The van der Waals surface area contributed by atoms with E-state index in [9.17, 15) is 0 Å². The lowest BCUT2D eigenvalue weighted by Gasteiger charge is -2.17. The maximum atomic E-state index is 6.38. The summed E-state index contributed by atoms with van der Waals surface area (Å²) in [5, 5.41) is 5.56. The summed E-state index contributed by atoms with van der Waals surface area (Å²) < 4.78 is 8.47. The molecule has 6 nitrogen and oxygen atoms in total. The van der Waals surface area contributed by atoms with E-state index >= 15 is 0 Å². The number of hydrogen-bond donors (Lipinski definition) is 1. The van der Waals surface area contributed by atoms with Crippen molar-refractivity contribution in [2.24, 2.45) is 0 Å². The molecule has 2 unspecified atom stereocenters. The Bertz CT molecular complexity index is 1330. The molecule has 3 aromatic heterocycles. The third-order valence-corrected chi connectivity index (χ3v) is 7.00. The van der Waals surface area contributed by atoms with Gasteiger partial charge in [0.2, 0.25) is 0 Å². The fourth-order valence-electron chi connectivity index (χ4n) is 5.07. The molecule has 5 heterocycles. The van der Waals surface area contributed by atoms with E-state index in [1.807, 2.05) is 12.3 Å². The Morgan fingerprint density at radius 2 is 2.09 bits per heavy atom. The van der Waals surface area contributed by atoms with Crippen molar-refractivity contribution in [2.45, 2.75) is 57.3 Å². The predicted octanol–water partition coefficient (Wildman–Crippen LogP) is 3.79. The molecule has 1 N–H and O–H groups in total. The van der Waals surface area contributed by atoms with Crippen molar-refractivity contribution in [3.05, 3.63) is 54.0 Å². The lowest BCUT2D eigenvalue weighted by atomic mass is 9.87. The molecule has 0 saturated carbocycles. The van der Waals surface area contributed by atoms with Crippen LogP contribution in [0.5, 0.6) is 0 Å². The van der Waals surface area contributed by atoms with Crippen LogP contribution in [0.4, 0.5) is 5.82 Å². The molecule has 1 saturated heterocycles. The number of hydrogen-bond acceptors (Lipinski definition) is 5. The van der Waals surface area contributed by atoms with Gasteiger partial charge in [-0.25, -0.2) is 9.97 Å². The second kappa shape index (κ2) is 7.31. The highest BCUT2D eigenvalue weighted by atomic mass is 16.5. The average Bonchev–Trinajstić information content (AvgIpc) is 3.49. The summed E-state index contributed by atoms with van der Waals surface area (Å²) in [7, 11) is 5.98. The van der Waals surface area contributed by atoms with Crippen LogP contribution in [0.25, 0.3) is 21.9 Å². The topological polar surface area (TPSA) is 64.9 Å². The first kappa shape index (κ1) is 19.7. The fourth-order valence-corrected chi connectivity index (χ4v) is 5.07. The molecule has 0 spiro atoms. The van der Waals surface area contributed by atoms with Crippen LogP contribution in [-0.2, 0) is 16.6 Å².